The smallest absolute Gasteiger partial charge is 0.240 e. The molecule has 0 bridgehead atoms. The zero-order chi connectivity index (χ0) is 12.5. The Morgan fingerprint density at radius 1 is 1.35 bits per heavy atom. The van der Waals surface area contributed by atoms with Crippen molar-refractivity contribution in [1.29, 1.82) is 0 Å². The number of amides is 1. The molecule has 0 radical (unpaired) electrons. The molecule has 1 atom stereocenters. The summed E-state index contributed by atoms with van der Waals surface area (Å²) in [5, 5.41) is 2.82. The maximum atomic E-state index is 11.9. The van der Waals surface area contributed by atoms with Crippen molar-refractivity contribution in [3.8, 4) is 0 Å². The van der Waals surface area contributed by atoms with Crippen LogP contribution in [0.4, 0.5) is 0 Å². The molecule has 6 heteroatoms. The van der Waals surface area contributed by atoms with Gasteiger partial charge in [0.05, 0.1) is 17.0 Å². The third-order valence-electron chi connectivity index (χ3n) is 3.83. The first-order valence-corrected chi connectivity index (χ1v) is 8.01. The van der Waals surface area contributed by atoms with Crippen molar-refractivity contribution in [2.75, 3.05) is 18.1 Å². The summed E-state index contributed by atoms with van der Waals surface area (Å²) in [6, 6.07) is 0. The number of carbonyl (C=O) groups excluding carboxylic acids is 1. The Kier molecular flexibility index (Phi) is 3.45. The summed E-state index contributed by atoms with van der Waals surface area (Å²) in [4.78, 5) is 11.9. The van der Waals surface area contributed by atoms with Crippen LogP contribution in [0.15, 0.2) is 0 Å². The Labute approximate surface area is 102 Å². The molecule has 1 amide bonds. The first kappa shape index (κ1) is 12.8. The normalized spacial score (nSPS) is 30.3. The average Bonchev–Trinajstić information content (AvgIpc) is 2.82. The Hall–Kier alpha value is -0.620. The number of hydrogen-bond donors (Lipinski definition) is 2. The highest BCUT2D eigenvalue weighted by Crippen LogP contribution is 2.27. The van der Waals surface area contributed by atoms with E-state index in [2.05, 4.69) is 5.32 Å². The lowest BCUT2D eigenvalue weighted by Gasteiger charge is -2.23. The maximum absolute atomic E-state index is 11.9. The summed E-state index contributed by atoms with van der Waals surface area (Å²) in [6.45, 7) is 0.441. The summed E-state index contributed by atoms with van der Waals surface area (Å²) < 4.78 is 22.5. The van der Waals surface area contributed by atoms with Crippen LogP contribution < -0.4 is 11.1 Å². The van der Waals surface area contributed by atoms with Crippen LogP contribution >= 0.6 is 0 Å². The Bertz CT molecular complexity index is 399. The minimum Gasteiger partial charge on any atom is -0.354 e. The van der Waals surface area contributed by atoms with Crippen molar-refractivity contribution in [3.05, 3.63) is 0 Å². The summed E-state index contributed by atoms with van der Waals surface area (Å²) >= 11 is 0. The van der Waals surface area contributed by atoms with Crippen LogP contribution in [0.5, 0.6) is 0 Å². The molecule has 0 spiro atoms. The van der Waals surface area contributed by atoms with Gasteiger partial charge in [-0.25, -0.2) is 8.42 Å². The van der Waals surface area contributed by atoms with Crippen LogP contribution in [0.25, 0.3) is 0 Å². The molecule has 1 aliphatic heterocycles. The Morgan fingerprint density at radius 2 is 2.00 bits per heavy atom. The second kappa shape index (κ2) is 4.57. The molecule has 1 unspecified atom stereocenters. The molecule has 2 fully saturated rings. The number of nitrogens with one attached hydrogen (secondary N) is 1. The van der Waals surface area contributed by atoms with E-state index in [1.54, 1.807) is 0 Å². The van der Waals surface area contributed by atoms with Crippen molar-refractivity contribution in [2.24, 2.45) is 11.7 Å². The van der Waals surface area contributed by atoms with Crippen molar-refractivity contribution in [1.82, 2.24) is 5.32 Å². The molecule has 1 saturated carbocycles. The van der Waals surface area contributed by atoms with Crippen molar-refractivity contribution in [2.45, 2.75) is 37.6 Å². The van der Waals surface area contributed by atoms with E-state index in [0.29, 0.717) is 13.0 Å². The molecule has 3 N–H and O–H groups in total. The number of carbonyl (C=O) groups is 1. The van der Waals surface area contributed by atoms with Gasteiger partial charge >= 0.3 is 0 Å². The van der Waals surface area contributed by atoms with E-state index in [1.807, 2.05) is 0 Å². The lowest BCUT2D eigenvalue weighted by Crippen LogP contribution is -2.52. The Morgan fingerprint density at radius 3 is 2.53 bits per heavy atom. The average molecular weight is 260 g/mol. The second-order valence-electron chi connectivity index (χ2n) is 5.34. The van der Waals surface area contributed by atoms with E-state index in [9.17, 15) is 13.2 Å². The van der Waals surface area contributed by atoms with Crippen LogP contribution in [-0.4, -0.2) is 37.9 Å². The molecule has 17 heavy (non-hydrogen) atoms. The minimum atomic E-state index is -2.86. The van der Waals surface area contributed by atoms with E-state index in [-0.39, 0.29) is 23.3 Å². The largest absolute Gasteiger partial charge is 0.354 e. The van der Waals surface area contributed by atoms with Crippen LogP contribution in [0, 0.1) is 5.92 Å². The van der Waals surface area contributed by atoms with Gasteiger partial charge in [0, 0.05) is 6.54 Å². The van der Waals surface area contributed by atoms with Crippen molar-refractivity contribution in [3.63, 3.8) is 0 Å². The van der Waals surface area contributed by atoms with Gasteiger partial charge in [0.15, 0.2) is 9.84 Å². The SMILES string of the molecule is NC1(C(=O)NCC2CCS(=O)(=O)C2)CCCC1. The number of hydrogen-bond acceptors (Lipinski definition) is 4. The van der Waals surface area contributed by atoms with E-state index < -0.39 is 15.4 Å². The topological polar surface area (TPSA) is 89.3 Å². The molecule has 5 nitrogen and oxygen atoms in total. The highest BCUT2D eigenvalue weighted by Gasteiger charge is 2.37. The van der Waals surface area contributed by atoms with Gasteiger partial charge in [-0.2, -0.15) is 0 Å². The van der Waals surface area contributed by atoms with E-state index in [4.69, 9.17) is 5.73 Å². The third kappa shape index (κ3) is 2.98. The van der Waals surface area contributed by atoms with Gasteiger partial charge in [-0.1, -0.05) is 12.8 Å². The predicted molar refractivity (Wildman–Crippen MR) is 65.2 cm³/mol. The maximum Gasteiger partial charge on any atom is 0.240 e. The zero-order valence-corrected chi connectivity index (χ0v) is 10.8. The molecule has 0 aromatic carbocycles. The predicted octanol–water partition coefficient (Wildman–Crippen LogP) is -0.191. The highest BCUT2D eigenvalue weighted by atomic mass is 32.2. The summed E-state index contributed by atoms with van der Waals surface area (Å²) in [6.07, 6.45) is 4.13. The molecule has 2 rings (SSSR count). The number of sulfone groups is 1. The molecule has 1 heterocycles. The summed E-state index contributed by atoms with van der Waals surface area (Å²) in [5.41, 5.74) is 5.30. The van der Waals surface area contributed by atoms with Crippen LogP contribution in [0.1, 0.15) is 32.1 Å². The standard InChI is InChI=1S/C11H20N2O3S/c12-11(4-1-2-5-11)10(14)13-7-9-3-6-17(15,16)8-9/h9H,1-8,12H2,(H,13,14). The van der Waals surface area contributed by atoms with Crippen LogP contribution in [-0.2, 0) is 14.6 Å². The van der Waals surface area contributed by atoms with Gasteiger partial charge in [-0.05, 0) is 25.2 Å². The fourth-order valence-electron chi connectivity index (χ4n) is 2.68. The molecule has 1 saturated heterocycles. The minimum absolute atomic E-state index is 0.0638. The van der Waals surface area contributed by atoms with Gasteiger partial charge in [-0.3, -0.25) is 4.79 Å². The van der Waals surface area contributed by atoms with E-state index in [1.165, 1.54) is 0 Å². The fourth-order valence-corrected chi connectivity index (χ4v) is 4.54. The quantitative estimate of drug-likeness (QED) is 0.736. The first-order valence-electron chi connectivity index (χ1n) is 6.19. The summed E-state index contributed by atoms with van der Waals surface area (Å²) in [7, 11) is -2.86. The fraction of sp³-hybridized carbons (Fsp3) is 0.909. The number of rotatable bonds is 3. The van der Waals surface area contributed by atoms with Crippen LogP contribution in [0.2, 0.25) is 0 Å². The van der Waals surface area contributed by atoms with Crippen molar-refractivity contribution >= 4 is 15.7 Å². The third-order valence-corrected chi connectivity index (χ3v) is 5.66. The molecule has 98 valence electrons. The molecule has 1 aliphatic carbocycles. The van der Waals surface area contributed by atoms with Gasteiger partial charge < -0.3 is 11.1 Å². The lowest BCUT2D eigenvalue weighted by atomic mass is 9.97. The van der Waals surface area contributed by atoms with Gasteiger partial charge in [0.25, 0.3) is 0 Å². The molecular formula is C11H20N2O3S. The Balaban J connectivity index is 1.81. The monoisotopic (exact) mass is 260 g/mol. The van der Waals surface area contributed by atoms with Crippen LogP contribution in [0.3, 0.4) is 0 Å². The summed E-state index contributed by atoms with van der Waals surface area (Å²) in [5.74, 6) is 0.403. The molecule has 0 aromatic rings. The molecule has 2 aliphatic rings. The highest BCUT2D eigenvalue weighted by molar-refractivity contribution is 7.91. The molecule has 0 aromatic heterocycles. The van der Waals surface area contributed by atoms with Gasteiger partial charge in [-0.15, -0.1) is 0 Å². The van der Waals surface area contributed by atoms with Crippen molar-refractivity contribution < 1.29 is 13.2 Å². The zero-order valence-electron chi connectivity index (χ0n) is 9.94. The lowest BCUT2D eigenvalue weighted by molar-refractivity contribution is -0.126. The van der Waals surface area contributed by atoms with E-state index in [0.717, 1.165) is 25.7 Å². The van der Waals surface area contributed by atoms with Gasteiger partial charge in [0.1, 0.15) is 0 Å². The van der Waals surface area contributed by atoms with Gasteiger partial charge in [0.2, 0.25) is 5.91 Å². The number of nitrogens with two attached hydrogens (primary N) is 1. The second-order valence-corrected chi connectivity index (χ2v) is 7.57. The molecular weight excluding hydrogens is 240 g/mol. The van der Waals surface area contributed by atoms with E-state index >= 15 is 0 Å². The first-order chi connectivity index (χ1) is 7.91.